The van der Waals surface area contributed by atoms with E-state index in [0.717, 1.165) is 25.1 Å². The van der Waals surface area contributed by atoms with Gasteiger partial charge in [0.15, 0.2) is 0 Å². The third-order valence-corrected chi connectivity index (χ3v) is 4.22. The lowest BCUT2D eigenvalue weighted by Gasteiger charge is -2.43. The average molecular weight is 293 g/mol. The lowest BCUT2D eigenvalue weighted by Crippen LogP contribution is -2.48. The van der Waals surface area contributed by atoms with E-state index in [0.29, 0.717) is 12.5 Å². The first-order chi connectivity index (χ1) is 10.3. The second-order valence-corrected chi connectivity index (χ2v) is 5.50. The zero-order valence-electron chi connectivity index (χ0n) is 13.4. The molecule has 0 saturated heterocycles. The third kappa shape index (κ3) is 3.52. The summed E-state index contributed by atoms with van der Waals surface area (Å²) in [7, 11) is 1.64. The van der Waals surface area contributed by atoms with Gasteiger partial charge in [-0.05, 0) is 26.3 Å². The summed E-state index contributed by atoms with van der Waals surface area (Å²) in [5.41, 5.74) is 0.656. The molecule has 1 fully saturated rings. The molecule has 1 aromatic rings. The number of hydrogen-bond acceptors (Lipinski definition) is 5. The molecule has 0 aliphatic heterocycles. The molecule has 1 unspecified atom stereocenters. The van der Waals surface area contributed by atoms with Crippen molar-refractivity contribution in [2.45, 2.75) is 57.6 Å². The number of likely N-dealkylation sites (N-methyl/N-ethyl adjacent to an activating group) is 1. The Morgan fingerprint density at radius 2 is 1.90 bits per heavy atom. The Balaban J connectivity index is 2.39. The van der Waals surface area contributed by atoms with Crippen LogP contribution in [-0.4, -0.2) is 35.8 Å². The van der Waals surface area contributed by atoms with Gasteiger partial charge in [-0.15, -0.1) is 0 Å². The van der Waals surface area contributed by atoms with Crippen LogP contribution in [-0.2, 0) is 4.74 Å². The predicted octanol–water partition coefficient (Wildman–Crippen LogP) is 2.88. The van der Waals surface area contributed by atoms with Crippen LogP contribution in [0.5, 0.6) is 5.88 Å². The van der Waals surface area contributed by atoms with Crippen LogP contribution < -0.4 is 10.1 Å². The maximum absolute atomic E-state index is 6.25. The molecule has 2 rings (SSSR count). The van der Waals surface area contributed by atoms with Crippen LogP contribution in [0.2, 0.25) is 0 Å². The van der Waals surface area contributed by atoms with E-state index in [2.05, 4.69) is 29.1 Å². The Morgan fingerprint density at radius 3 is 2.52 bits per heavy atom. The molecule has 5 nitrogen and oxygen atoms in total. The average Bonchev–Trinajstić information content (AvgIpc) is 2.53. The maximum Gasteiger partial charge on any atom is 0.237 e. The molecule has 1 aliphatic carbocycles. The number of nitrogens with one attached hydrogen (secondary N) is 1. The Bertz CT molecular complexity index is 428. The first-order valence-electron chi connectivity index (χ1n) is 7.99. The molecule has 5 heteroatoms. The summed E-state index contributed by atoms with van der Waals surface area (Å²) in [6.07, 6.45) is 9.18. The standard InChI is InChI=1S/C16H27N3O2/c1-4-17-14(13-15(20-3)19-12-11-18-13)16(21-5-2)9-7-6-8-10-16/h11-12,14,17H,4-10H2,1-3H3. The van der Waals surface area contributed by atoms with E-state index < -0.39 is 0 Å². The summed E-state index contributed by atoms with van der Waals surface area (Å²) < 4.78 is 11.7. The molecule has 118 valence electrons. The SMILES string of the molecule is CCNC(c1nccnc1OC)C1(OCC)CCCCC1. The number of nitrogens with zero attached hydrogens (tertiary/aromatic N) is 2. The van der Waals surface area contributed by atoms with Crippen LogP contribution in [0.1, 0.15) is 57.7 Å². The van der Waals surface area contributed by atoms with Crippen molar-refractivity contribution in [1.82, 2.24) is 15.3 Å². The van der Waals surface area contributed by atoms with Gasteiger partial charge in [-0.25, -0.2) is 4.98 Å². The quantitative estimate of drug-likeness (QED) is 0.837. The van der Waals surface area contributed by atoms with Crippen molar-refractivity contribution >= 4 is 0 Å². The van der Waals surface area contributed by atoms with E-state index in [-0.39, 0.29) is 11.6 Å². The van der Waals surface area contributed by atoms with Gasteiger partial charge in [0.25, 0.3) is 0 Å². The number of hydrogen-bond donors (Lipinski definition) is 1. The van der Waals surface area contributed by atoms with Crippen molar-refractivity contribution in [3.8, 4) is 5.88 Å². The molecule has 0 spiro atoms. The molecule has 1 N–H and O–H groups in total. The summed E-state index contributed by atoms with van der Waals surface area (Å²) in [6, 6.07) is 0.0198. The van der Waals surface area contributed by atoms with Gasteiger partial charge in [0, 0.05) is 19.0 Å². The Labute approximate surface area is 127 Å². The molecule has 1 atom stereocenters. The molecule has 21 heavy (non-hydrogen) atoms. The van der Waals surface area contributed by atoms with Gasteiger partial charge in [-0.3, -0.25) is 4.98 Å². The van der Waals surface area contributed by atoms with E-state index in [1.54, 1.807) is 19.5 Å². The van der Waals surface area contributed by atoms with Crippen LogP contribution in [0.15, 0.2) is 12.4 Å². The number of rotatable bonds is 7. The van der Waals surface area contributed by atoms with Gasteiger partial charge in [-0.1, -0.05) is 26.2 Å². The highest BCUT2D eigenvalue weighted by atomic mass is 16.5. The van der Waals surface area contributed by atoms with Crippen LogP contribution in [0.3, 0.4) is 0 Å². The summed E-state index contributed by atoms with van der Waals surface area (Å²) in [5.74, 6) is 0.591. The predicted molar refractivity (Wildman–Crippen MR) is 82.4 cm³/mol. The van der Waals surface area contributed by atoms with E-state index >= 15 is 0 Å². The Morgan fingerprint density at radius 1 is 1.19 bits per heavy atom. The third-order valence-electron chi connectivity index (χ3n) is 4.22. The highest BCUT2D eigenvalue weighted by Crippen LogP contribution is 2.42. The molecule has 1 aliphatic rings. The van der Waals surface area contributed by atoms with Crippen molar-refractivity contribution < 1.29 is 9.47 Å². The molecule has 0 amide bonds. The van der Waals surface area contributed by atoms with Gasteiger partial charge < -0.3 is 14.8 Å². The minimum Gasteiger partial charge on any atom is -0.480 e. The normalized spacial score (nSPS) is 19.2. The number of methoxy groups -OCH3 is 1. The van der Waals surface area contributed by atoms with E-state index in [4.69, 9.17) is 9.47 Å². The summed E-state index contributed by atoms with van der Waals surface area (Å²) in [4.78, 5) is 8.85. The van der Waals surface area contributed by atoms with Gasteiger partial charge in [0.2, 0.25) is 5.88 Å². The smallest absolute Gasteiger partial charge is 0.237 e. The fraction of sp³-hybridized carbons (Fsp3) is 0.750. The topological polar surface area (TPSA) is 56.3 Å². The molecule has 0 aromatic carbocycles. The molecule has 0 radical (unpaired) electrons. The van der Waals surface area contributed by atoms with Crippen molar-refractivity contribution in [2.24, 2.45) is 0 Å². The lowest BCUT2D eigenvalue weighted by molar-refractivity contribution is -0.0923. The Hall–Kier alpha value is -1.20. The van der Waals surface area contributed by atoms with Crippen molar-refractivity contribution in [3.63, 3.8) is 0 Å². The van der Waals surface area contributed by atoms with Gasteiger partial charge in [0.05, 0.1) is 18.8 Å². The second-order valence-electron chi connectivity index (χ2n) is 5.50. The van der Waals surface area contributed by atoms with Crippen LogP contribution in [0.25, 0.3) is 0 Å². The van der Waals surface area contributed by atoms with Crippen LogP contribution in [0, 0.1) is 0 Å². The number of aromatic nitrogens is 2. The monoisotopic (exact) mass is 293 g/mol. The largest absolute Gasteiger partial charge is 0.480 e. The lowest BCUT2D eigenvalue weighted by atomic mass is 9.77. The van der Waals surface area contributed by atoms with Crippen molar-refractivity contribution in [3.05, 3.63) is 18.1 Å². The fourth-order valence-corrected chi connectivity index (χ4v) is 3.38. The van der Waals surface area contributed by atoms with Crippen molar-refractivity contribution in [1.29, 1.82) is 0 Å². The minimum atomic E-state index is -0.202. The fourth-order valence-electron chi connectivity index (χ4n) is 3.38. The molecular weight excluding hydrogens is 266 g/mol. The number of ether oxygens (including phenoxy) is 2. The first kappa shape index (κ1) is 16.2. The summed E-state index contributed by atoms with van der Waals surface area (Å²) >= 11 is 0. The minimum absolute atomic E-state index is 0.0198. The van der Waals surface area contributed by atoms with Gasteiger partial charge in [0.1, 0.15) is 5.69 Å². The van der Waals surface area contributed by atoms with E-state index in [1.807, 2.05) is 0 Å². The van der Waals surface area contributed by atoms with E-state index in [1.165, 1.54) is 19.3 Å². The van der Waals surface area contributed by atoms with E-state index in [9.17, 15) is 0 Å². The first-order valence-corrected chi connectivity index (χ1v) is 7.99. The highest BCUT2D eigenvalue weighted by molar-refractivity contribution is 5.25. The molecule has 1 saturated carbocycles. The zero-order valence-corrected chi connectivity index (χ0v) is 13.4. The van der Waals surface area contributed by atoms with Crippen LogP contribution >= 0.6 is 0 Å². The highest BCUT2D eigenvalue weighted by Gasteiger charge is 2.43. The second kappa shape index (κ2) is 7.71. The van der Waals surface area contributed by atoms with Crippen LogP contribution in [0.4, 0.5) is 0 Å². The summed E-state index contributed by atoms with van der Waals surface area (Å²) in [6.45, 7) is 5.75. The summed E-state index contributed by atoms with van der Waals surface area (Å²) in [5, 5.41) is 3.56. The molecule has 1 aromatic heterocycles. The van der Waals surface area contributed by atoms with Gasteiger partial charge in [-0.2, -0.15) is 0 Å². The Kier molecular flexibility index (Phi) is 5.94. The van der Waals surface area contributed by atoms with Crippen molar-refractivity contribution in [2.75, 3.05) is 20.3 Å². The molecule has 0 bridgehead atoms. The van der Waals surface area contributed by atoms with Gasteiger partial charge >= 0.3 is 0 Å². The molecule has 1 heterocycles. The maximum atomic E-state index is 6.25. The molecular formula is C16H27N3O2. The zero-order chi connectivity index (χ0) is 15.1.